The van der Waals surface area contributed by atoms with E-state index in [1.54, 1.807) is 0 Å². The fourth-order valence-electron chi connectivity index (χ4n) is 2.05. The van der Waals surface area contributed by atoms with Crippen LogP contribution in [0.15, 0.2) is 0 Å². The van der Waals surface area contributed by atoms with Crippen LogP contribution in [0.5, 0.6) is 0 Å². The molecular formula is C12H20N2O5. The van der Waals surface area contributed by atoms with Gasteiger partial charge in [-0.25, -0.2) is 4.79 Å². The number of amides is 1. The van der Waals surface area contributed by atoms with Crippen molar-refractivity contribution in [1.82, 2.24) is 10.6 Å². The van der Waals surface area contributed by atoms with Gasteiger partial charge in [-0.2, -0.15) is 0 Å². The molecule has 0 aromatic carbocycles. The number of carbonyl (C=O) groups is 3. The maximum Gasteiger partial charge on any atom is 0.326 e. The summed E-state index contributed by atoms with van der Waals surface area (Å²) in [5.41, 5.74) is 0. The van der Waals surface area contributed by atoms with Crippen molar-refractivity contribution < 1.29 is 24.2 Å². The summed E-state index contributed by atoms with van der Waals surface area (Å²) >= 11 is 0. The maximum atomic E-state index is 11.7. The van der Waals surface area contributed by atoms with Gasteiger partial charge in [-0.05, 0) is 31.8 Å². The van der Waals surface area contributed by atoms with Crippen molar-refractivity contribution >= 4 is 17.8 Å². The van der Waals surface area contributed by atoms with Crippen LogP contribution in [0.1, 0.15) is 25.7 Å². The molecule has 1 fully saturated rings. The highest BCUT2D eigenvalue weighted by Crippen LogP contribution is 2.15. The Kier molecular flexibility index (Phi) is 6.27. The van der Waals surface area contributed by atoms with Crippen LogP contribution in [-0.4, -0.2) is 49.2 Å². The molecule has 1 saturated heterocycles. The lowest BCUT2D eigenvalue weighted by Gasteiger charge is -2.22. The lowest BCUT2D eigenvalue weighted by Crippen LogP contribution is -2.43. The van der Waals surface area contributed by atoms with Gasteiger partial charge in [0.05, 0.1) is 13.5 Å². The number of ether oxygens (including phenoxy) is 1. The van der Waals surface area contributed by atoms with Crippen LogP contribution < -0.4 is 10.6 Å². The first-order valence-electron chi connectivity index (χ1n) is 6.32. The number of piperidine rings is 1. The highest BCUT2D eigenvalue weighted by Gasteiger charge is 2.25. The van der Waals surface area contributed by atoms with Crippen molar-refractivity contribution in [3.63, 3.8) is 0 Å². The third kappa shape index (κ3) is 5.69. The van der Waals surface area contributed by atoms with Crippen LogP contribution in [0.4, 0.5) is 0 Å². The maximum absolute atomic E-state index is 11.7. The minimum atomic E-state index is -1.23. The van der Waals surface area contributed by atoms with Crippen LogP contribution in [0, 0.1) is 5.92 Å². The standard InChI is InChI=1S/C12H20N2O5/c1-19-11(16)7-9(12(17)18)14-10(15)6-8-2-4-13-5-3-8/h8-9,13H,2-7H2,1H3,(H,14,15)(H,17,18)/t9-/m0/s1. The first-order valence-corrected chi connectivity index (χ1v) is 6.32. The summed E-state index contributed by atoms with van der Waals surface area (Å²) in [6.07, 6.45) is 1.75. The molecule has 1 rings (SSSR count). The molecule has 0 saturated carbocycles. The summed E-state index contributed by atoms with van der Waals surface area (Å²) in [4.78, 5) is 33.7. The van der Waals surface area contributed by atoms with E-state index in [4.69, 9.17) is 5.11 Å². The number of methoxy groups -OCH3 is 1. The van der Waals surface area contributed by atoms with E-state index in [0.717, 1.165) is 25.9 Å². The number of hydrogen-bond acceptors (Lipinski definition) is 5. The van der Waals surface area contributed by atoms with Gasteiger partial charge in [0.1, 0.15) is 6.04 Å². The molecule has 0 aliphatic carbocycles. The first-order chi connectivity index (χ1) is 9.02. The zero-order chi connectivity index (χ0) is 14.3. The van der Waals surface area contributed by atoms with Gasteiger partial charge in [0.2, 0.25) is 5.91 Å². The van der Waals surface area contributed by atoms with Crippen molar-refractivity contribution in [1.29, 1.82) is 0 Å². The Labute approximate surface area is 111 Å². The quantitative estimate of drug-likeness (QED) is 0.563. The van der Waals surface area contributed by atoms with Gasteiger partial charge in [0, 0.05) is 6.42 Å². The molecule has 0 radical (unpaired) electrons. The minimum Gasteiger partial charge on any atom is -0.480 e. The van der Waals surface area contributed by atoms with E-state index in [9.17, 15) is 14.4 Å². The second-order valence-electron chi connectivity index (χ2n) is 4.64. The number of esters is 1. The number of carbonyl (C=O) groups excluding carboxylic acids is 2. The molecule has 3 N–H and O–H groups in total. The lowest BCUT2D eigenvalue weighted by molar-refractivity contribution is -0.148. The fourth-order valence-corrected chi connectivity index (χ4v) is 2.05. The Morgan fingerprint density at radius 1 is 1.37 bits per heavy atom. The SMILES string of the molecule is COC(=O)C[C@H](NC(=O)CC1CCNCC1)C(=O)O. The molecule has 7 nitrogen and oxygen atoms in total. The Bertz CT molecular complexity index is 339. The molecule has 1 amide bonds. The molecule has 108 valence electrons. The van der Waals surface area contributed by atoms with Gasteiger partial charge in [-0.1, -0.05) is 0 Å². The summed E-state index contributed by atoms with van der Waals surface area (Å²) in [5, 5.41) is 14.5. The molecule has 1 aliphatic rings. The number of nitrogens with one attached hydrogen (secondary N) is 2. The van der Waals surface area contributed by atoms with E-state index >= 15 is 0 Å². The van der Waals surface area contributed by atoms with Gasteiger partial charge < -0.3 is 20.5 Å². The predicted molar refractivity (Wildman–Crippen MR) is 66.4 cm³/mol. The number of hydrogen-bond donors (Lipinski definition) is 3. The van der Waals surface area contributed by atoms with E-state index in [2.05, 4.69) is 15.4 Å². The molecule has 0 aromatic rings. The topological polar surface area (TPSA) is 105 Å². The number of carboxylic acids is 1. The Hall–Kier alpha value is -1.63. The van der Waals surface area contributed by atoms with Crippen LogP contribution in [-0.2, 0) is 19.1 Å². The van der Waals surface area contributed by atoms with Gasteiger partial charge in [-0.15, -0.1) is 0 Å². The normalized spacial score (nSPS) is 17.5. The fraction of sp³-hybridized carbons (Fsp3) is 0.750. The predicted octanol–water partition coefficient (Wildman–Crippen LogP) is -0.491. The minimum absolute atomic E-state index is 0.272. The molecule has 1 atom stereocenters. The zero-order valence-corrected chi connectivity index (χ0v) is 11.0. The molecule has 19 heavy (non-hydrogen) atoms. The van der Waals surface area contributed by atoms with Crippen LogP contribution in [0.25, 0.3) is 0 Å². The smallest absolute Gasteiger partial charge is 0.326 e. The van der Waals surface area contributed by atoms with Crippen molar-refractivity contribution in [2.24, 2.45) is 5.92 Å². The third-order valence-corrected chi connectivity index (χ3v) is 3.16. The second kappa shape index (κ2) is 7.73. The molecule has 7 heteroatoms. The molecule has 1 heterocycles. The van der Waals surface area contributed by atoms with E-state index in [1.807, 2.05) is 0 Å². The second-order valence-corrected chi connectivity index (χ2v) is 4.64. The molecule has 0 aromatic heterocycles. The number of aliphatic carboxylic acids is 1. The molecule has 0 unspecified atom stereocenters. The molecule has 0 bridgehead atoms. The highest BCUT2D eigenvalue weighted by molar-refractivity contribution is 5.87. The Morgan fingerprint density at radius 2 is 2.00 bits per heavy atom. The van der Waals surface area contributed by atoms with Crippen LogP contribution in [0.2, 0.25) is 0 Å². The van der Waals surface area contributed by atoms with Gasteiger partial charge in [0.15, 0.2) is 0 Å². The average Bonchev–Trinajstić information content (AvgIpc) is 2.38. The van der Waals surface area contributed by atoms with E-state index in [0.29, 0.717) is 6.42 Å². The first kappa shape index (κ1) is 15.4. The van der Waals surface area contributed by atoms with E-state index in [1.165, 1.54) is 7.11 Å². The summed E-state index contributed by atoms with van der Waals surface area (Å²) < 4.78 is 4.40. The Balaban J connectivity index is 2.41. The number of carboxylic acid groups (broad SMARTS) is 1. The van der Waals surface area contributed by atoms with Crippen LogP contribution in [0.3, 0.4) is 0 Å². The summed E-state index contributed by atoms with van der Waals surface area (Å²) in [7, 11) is 1.18. The van der Waals surface area contributed by atoms with Crippen molar-refractivity contribution in [3.8, 4) is 0 Å². The molecule has 1 aliphatic heterocycles. The largest absolute Gasteiger partial charge is 0.480 e. The third-order valence-electron chi connectivity index (χ3n) is 3.16. The van der Waals surface area contributed by atoms with E-state index < -0.39 is 18.0 Å². The van der Waals surface area contributed by atoms with Crippen molar-refractivity contribution in [2.45, 2.75) is 31.7 Å². The molecular weight excluding hydrogens is 252 g/mol. The van der Waals surface area contributed by atoms with Crippen molar-refractivity contribution in [2.75, 3.05) is 20.2 Å². The summed E-state index contributed by atoms with van der Waals surface area (Å²) in [5.74, 6) is -1.95. The van der Waals surface area contributed by atoms with E-state index in [-0.39, 0.29) is 18.2 Å². The van der Waals surface area contributed by atoms with Crippen LogP contribution >= 0.6 is 0 Å². The highest BCUT2D eigenvalue weighted by atomic mass is 16.5. The summed E-state index contributed by atoms with van der Waals surface area (Å²) in [6, 6.07) is -1.22. The molecule has 0 spiro atoms. The zero-order valence-electron chi connectivity index (χ0n) is 11.0. The van der Waals surface area contributed by atoms with Gasteiger partial charge >= 0.3 is 11.9 Å². The Morgan fingerprint density at radius 3 is 2.53 bits per heavy atom. The summed E-state index contributed by atoms with van der Waals surface area (Å²) in [6.45, 7) is 1.75. The lowest BCUT2D eigenvalue weighted by atomic mass is 9.94. The van der Waals surface area contributed by atoms with Gasteiger partial charge in [0.25, 0.3) is 0 Å². The average molecular weight is 272 g/mol. The number of rotatable bonds is 6. The monoisotopic (exact) mass is 272 g/mol. The van der Waals surface area contributed by atoms with Gasteiger partial charge in [-0.3, -0.25) is 9.59 Å². The van der Waals surface area contributed by atoms with Crippen molar-refractivity contribution in [3.05, 3.63) is 0 Å².